The highest BCUT2D eigenvalue weighted by Gasteiger charge is 2.07. The molecular formula is C9H9N3O2. The summed E-state index contributed by atoms with van der Waals surface area (Å²) in [4.78, 5) is 11.6. The van der Waals surface area contributed by atoms with E-state index in [1.54, 1.807) is 24.1 Å². The van der Waals surface area contributed by atoms with Crippen molar-refractivity contribution in [1.29, 1.82) is 5.26 Å². The zero-order valence-electron chi connectivity index (χ0n) is 7.67. The van der Waals surface area contributed by atoms with Crippen LogP contribution in [0.2, 0.25) is 0 Å². The smallest absolute Gasteiger partial charge is 0.271 e. The minimum Gasteiger partial charge on any atom is -0.361 e. The van der Waals surface area contributed by atoms with Crippen molar-refractivity contribution < 1.29 is 4.92 Å². The first-order valence-electron chi connectivity index (χ1n) is 3.97. The van der Waals surface area contributed by atoms with Crippen molar-refractivity contribution in [1.82, 2.24) is 0 Å². The first-order valence-corrected chi connectivity index (χ1v) is 3.97. The average Bonchev–Trinajstić information content (AvgIpc) is 2.18. The summed E-state index contributed by atoms with van der Waals surface area (Å²) in [6.45, 7) is 0.209. The van der Waals surface area contributed by atoms with Crippen LogP contribution in [0.15, 0.2) is 24.3 Å². The number of non-ortho nitro benzene ring substituents is 1. The van der Waals surface area contributed by atoms with Crippen LogP contribution in [0.25, 0.3) is 0 Å². The molecule has 0 aromatic heterocycles. The quantitative estimate of drug-likeness (QED) is 0.413. The van der Waals surface area contributed by atoms with E-state index in [1.807, 2.05) is 6.07 Å². The number of benzene rings is 1. The zero-order valence-corrected chi connectivity index (χ0v) is 7.67. The maximum absolute atomic E-state index is 10.5. The Labute approximate surface area is 81.3 Å². The fourth-order valence-corrected chi connectivity index (χ4v) is 1.04. The van der Waals surface area contributed by atoms with E-state index in [1.165, 1.54) is 12.1 Å². The fourth-order valence-electron chi connectivity index (χ4n) is 1.04. The second kappa shape index (κ2) is 4.23. The summed E-state index contributed by atoms with van der Waals surface area (Å²) in [5.41, 5.74) is 0.702. The molecular weight excluding hydrogens is 182 g/mol. The van der Waals surface area contributed by atoms with E-state index < -0.39 is 4.92 Å². The van der Waals surface area contributed by atoms with Crippen molar-refractivity contribution in [2.24, 2.45) is 0 Å². The molecule has 0 atom stereocenters. The Kier molecular flexibility index (Phi) is 3.02. The van der Waals surface area contributed by atoms with Crippen molar-refractivity contribution >= 4 is 11.4 Å². The molecule has 0 amide bonds. The molecule has 14 heavy (non-hydrogen) atoms. The predicted octanol–water partition coefficient (Wildman–Crippen LogP) is 1.55. The van der Waals surface area contributed by atoms with Gasteiger partial charge in [0, 0.05) is 24.9 Å². The lowest BCUT2D eigenvalue weighted by atomic mass is 10.2. The van der Waals surface area contributed by atoms with Crippen molar-refractivity contribution in [3.8, 4) is 6.07 Å². The van der Waals surface area contributed by atoms with Crippen LogP contribution >= 0.6 is 0 Å². The number of rotatable bonds is 3. The number of nitro benzene ring substituents is 1. The highest BCUT2D eigenvalue weighted by Crippen LogP contribution is 2.19. The number of hydrogen-bond acceptors (Lipinski definition) is 4. The van der Waals surface area contributed by atoms with Crippen LogP contribution in [0.5, 0.6) is 0 Å². The van der Waals surface area contributed by atoms with Gasteiger partial charge in [0.15, 0.2) is 0 Å². The maximum Gasteiger partial charge on any atom is 0.271 e. The van der Waals surface area contributed by atoms with E-state index in [2.05, 4.69) is 0 Å². The van der Waals surface area contributed by atoms with Crippen molar-refractivity contribution in [2.75, 3.05) is 18.5 Å². The number of nitriles is 1. The van der Waals surface area contributed by atoms with Gasteiger partial charge in [0.25, 0.3) is 5.69 Å². The molecule has 0 spiro atoms. The van der Waals surface area contributed by atoms with Gasteiger partial charge in [-0.25, -0.2) is 0 Å². The molecule has 5 heteroatoms. The molecule has 0 heterocycles. The zero-order chi connectivity index (χ0) is 10.6. The molecule has 5 nitrogen and oxygen atoms in total. The van der Waals surface area contributed by atoms with Gasteiger partial charge in [-0.1, -0.05) is 6.07 Å². The lowest BCUT2D eigenvalue weighted by Crippen LogP contribution is -2.16. The first kappa shape index (κ1) is 9.99. The van der Waals surface area contributed by atoms with Crippen LogP contribution in [-0.2, 0) is 0 Å². The monoisotopic (exact) mass is 191 g/mol. The normalized spacial score (nSPS) is 9.14. The molecule has 0 N–H and O–H groups in total. The van der Waals surface area contributed by atoms with Gasteiger partial charge in [0.05, 0.1) is 11.0 Å². The van der Waals surface area contributed by atoms with Gasteiger partial charge in [-0.3, -0.25) is 10.1 Å². The van der Waals surface area contributed by atoms with Crippen molar-refractivity contribution in [3.05, 3.63) is 34.4 Å². The summed E-state index contributed by atoms with van der Waals surface area (Å²) < 4.78 is 0. The topological polar surface area (TPSA) is 70.2 Å². The van der Waals surface area contributed by atoms with Gasteiger partial charge in [-0.05, 0) is 6.07 Å². The standard InChI is InChI=1S/C9H9N3O2/c1-11(6-5-10)8-3-2-4-9(7-8)12(13)14/h2-4,7H,6H2,1H3. The number of nitro groups is 1. The van der Waals surface area contributed by atoms with E-state index in [-0.39, 0.29) is 12.2 Å². The second-order valence-electron chi connectivity index (χ2n) is 2.79. The second-order valence-corrected chi connectivity index (χ2v) is 2.79. The van der Waals surface area contributed by atoms with Crippen LogP contribution < -0.4 is 4.90 Å². The maximum atomic E-state index is 10.5. The molecule has 0 radical (unpaired) electrons. The molecule has 0 bridgehead atoms. The van der Waals surface area contributed by atoms with Gasteiger partial charge < -0.3 is 4.90 Å². The summed E-state index contributed by atoms with van der Waals surface area (Å²) in [6.07, 6.45) is 0. The highest BCUT2D eigenvalue weighted by atomic mass is 16.6. The molecule has 0 aliphatic heterocycles. The van der Waals surface area contributed by atoms with E-state index >= 15 is 0 Å². The van der Waals surface area contributed by atoms with Crippen LogP contribution in [0.1, 0.15) is 0 Å². The Morgan fingerprint density at radius 1 is 1.64 bits per heavy atom. The highest BCUT2D eigenvalue weighted by molar-refractivity contribution is 5.53. The molecule has 0 unspecified atom stereocenters. The average molecular weight is 191 g/mol. The van der Waals surface area contributed by atoms with Gasteiger partial charge in [-0.15, -0.1) is 0 Å². The Hall–Kier alpha value is -2.09. The minimum atomic E-state index is -0.455. The van der Waals surface area contributed by atoms with E-state index in [0.717, 1.165) is 0 Å². The number of nitrogens with zero attached hydrogens (tertiary/aromatic N) is 3. The van der Waals surface area contributed by atoms with Crippen LogP contribution in [0.3, 0.4) is 0 Å². The van der Waals surface area contributed by atoms with Crippen molar-refractivity contribution in [3.63, 3.8) is 0 Å². The fraction of sp³-hybridized carbons (Fsp3) is 0.222. The van der Waals surface area contributed by atoms with Crippen LogP contribution in [-0.4, -0.2) is 18.5 Å². The van der Waals surface area contributed by atoms with Gasteiger partial charge in [-0.2, -0.15) is 5.26 Å². The van der Waals surface area contributed by atoms with Crippen LogP contribution in [0.4, 0.5) is 11.4 Å². The molecule has 1 rings (SSSR count). The molecule has 72 valence electrons. The third kappa shape index (κ3) is 2.20. The minimum absolute atomic E-state index is 0.0345. The molecule has 1 aromatic rings. The molecule has 0 aliphatic carbocycles. The molecule has 0 saturated heterocycles. The van der Waals surface area contributed by atoms with E-state index in [0.29, 0.717) is 5.69 Å². The summed E-state index contributed by atoms with van der Waals surface area (Å²) in [5, 5.41) is 18.9. The molecule has 0 saturated carbocycles. The van der Waals surface area contributed by atoms with E-state index in [4.69, 9.17) is 5.26 Å². The SMILES string of the molecule is CN(CC#N)c1cccc([N+](=O)[O-])c1. The lowest BCUT2D eigenvalue weighted by Gasteiger charge is -2.14. The Morgan fingerprint density at radius 3 is 2.93 bits per heavy atom. The van der Waals surface area contributed by atoms with Gasteiger partial charge >= 0.3 is 0 Å². The summed E-state index contributed by atoms with van der Waals surface area (Å²) >= 11 is 0. The van der Waals surface area contributed by atoms with Gasteiger partial charge in [0.2, 0.25) is 0 Å². The third-order valence-corrected chi connectivity index (χ3v) is 1.79. The van der Waals surface area contributed by atoms with Gasteiger partial charge in [0.1, 0.15) is 6.54 Å². The van der Waals surface area contributed by atoms with E-state index in [9.17, 15) is 10.1 Å². The molecule has 0 fully saturated rings. The van der Waals surface area contributed by atoms with Crippen molar-refractivity contribution in [2.45, 2.75) is 0 Å². The molecule has 0 aliphatic rings. The number of anilines is 1. The Bertz CT molecular complexity index is 384. The predicted molar refractivity (Wildman–Crippen MR) is 52.0 cm³/mol. The summed E-state index contributed by atoms with van der Waals surface area (Å²) in [5.74, 6) is 0. The summed E-state index contributed by atoms with van der Waals surface area (Å²) in [7, 11) is 1.71. The summed E-state index contributed by atoms with van der Waals surface area (Å²) in [6, 6.07) is 8.16. The first-order chi connectivity index (χ1) is 6.65. The lowest BCUT2D eigenvalue weighted by molar-refractivity contribution is -0.384. The van der Waals surface area contributed by atoms with Crippen LogP contribution in [0, 0.1) is 21.4 Å². The largest absolute Gasteiger partial charge is 0.361 e. The number of hydrogen-bond donors (Lipinski definition) is 0. The Morgan fingerprint density at radius 2 is 2.36 bits per heavy atom. The third-order valence-electron chi connectivity index (χ3n) is 1.79. The molecule has 1 aromatic carbocycles. The Balaban J connectivity index is 2.94.